The van der Waals surface area contributed by atoms with Crippen molar-refractivity contribution >= 4 is 5.95 Å². The number of ether oxygens (including phenoxy) is 1. The van der Waals surface area contributed by atoms with Gasteiger partial charge in [-0.25, -0.2) is 13.8 Å². The molecule has 1 heterocycles. The number of alkyl halides is 2. The summed E-state index contributed by atoms with van der Waals surface area (Å²) in [5, 5.41) is 0. The molecule has 0 fully saturated rings. The first-order chi connectivity index (χ1) is 6.09. The molecule has 72 valence electrons. The minimum absolute atomic E-state index is 0.00914. The van der Waals surface area contributed by atoms with Crippen molar-refractivity contribution < 1.29 is 13.5 Å². The van der Waals surface area contributed by atoms with E-state index in [9.17, 15) is 8.78 Å². The van der Waals surface area contributed by atoms with E-state index in [0.29, 0.717) is 5.56 Å². The highest BCUT2D eigenvalue weighted by molar-refractivity contribution is 5.28. The van der Waals surface area contributed by atoms with Crippen LogP contribution >= 0.6 is 0 Å². The lowest BCUT2D eigenvalue weighted by Gasteiger charge is -2.06. The van der Waals surface area contributed by atoms with Crippen LogP contribution in [-0.4, -0.2) is 23.0 Å². The number of aromatic nitrogens is 2. The van der Waals surface area contributed by atoms with Crippen molar-refractivity contribution in [2.45, 2.75) is 13.3 Å². The van der Waals surface area contributed by atoms with Gasteiger partial charge >= 0.3 is 0 Å². The number of anilines is 1. The SMILES string of the molecule is Cc1cnc(N)nc1OCC(F)F. The number of nitrogens with zero attached hydrogens (tertiary/aromatic N) is 2. The molecule has 0 aliphatic carbocycles. The smallest absolute Gasteiger partial charge is 0.272 e. The summed E-state index contributed by atoms with van der Waals surface area (Å²) in [7, 11) is 0. The highest BCUT2D eigenvalue weighted by atomic mass is 19.3. The van der Waals surface area contributed by atoms with Crippen molar-refractivity contribution in [1.82, 2.24) is 9.97 Å². The Hall–Kier alpha value is -1.46. The van der Waals surface area contributed by atoms with Gasteiger partial charge in [-0.05, 0) is 6.92 Å². The zero-order valence-electron chi connectivity index (χ0n) is 7.00. The number of halogens is 2. The molecular formula is C7H9F2N3O. The Labute approximate surface area is 73.8 Å². The van der Waals surface area contributed by atoms with Crippen LogP contribution in [0.5, 0.6) is 5.88 Å². The van der Waals surface area contributed by atoms with Gasteiger partial charge in [0.05, 0.1) is 0 Å². The predicted molar refractivity (Wildman–Crippen MR) is 42.7 cm³/mol. The molecule has 0 bridgehead atoms. The summed E-state index contributed by atoms with van der Waals surface area (Å²) in [5.74, 6) is 0.114. The molecule has 0 saturated carbocycles. The molecule has 0 atom stereocenters. The molecule has 13 heavy (non-hydrogen) atoms. The minimum atomic E-state index is -2.52. The Balaban J connectivity index is 2.70. The van der Waals surface area contributed by atoms with E-state index in [4.69, 9.17) is 10.5 Å². The predicted octanol–water partition coefficient (Wildman–Crippen LogP) is 1.01. The summed E-state index contributed by atoms with van der Waals surface area (Å²) < 4.78 is 28.2. The maximum Gasteiger partial charge on any atom is 0.272 e. The molecule has 0 saturated heterocycles. The summed E-state index contributed by atoms with van der Waals surface area (Å²) >= 11 is 0. The molecule has 0 aromatic carbocycles. The van der Waals surface area contributed by atoms with Crippen LogP contribution in [0.1, 0.15) is 5.56 Å². The van der Waals surface area contributed by atoms with Crippen molar-refractivity contribution in [2.24, 2.45) is 0 Å². The first kappa shape index (κ1) is 9.63. The second-order valence-electron chi connectivity index (χ2n) is 2.42. The lowest BCUT2D eigenvalue weighted by Crippen LogP contribution is -2.10. The molecule has 0 unspecified atom stereocenters. The van der Waals surface area contributed by atoms with Gasteiger partial charge in [0.2, 0.25) is 11.8 Å². The zero-order valence-corrected chi connectivity index (χ0v) is 7.00. The van der Waals surface area contributed by atoms with E-state index >= 15 is 0 Å². The zero-order chi connectivity index (χ0) is 9.84. The molecule has 6 heteroatoms. The van der Waals surface area contributed by atoms with Crippen LogP contribution in [0.15, 0.2) is 6.20 Å². The third kappa shape index (κ3) is 2.81. The van der Waals surface area contributed by atoms with Crippen molar-refractivity contribution in [3.8, 4) is 5.88 Å². The maximum atomic E-state index is 11.8. The number of aryl methyl sites for hydroxylation is 1. The fourth-order valence-electron chi connectivity index (χ4n) is 0.727. The summed E-state index contributed by atoms with van der Waals surface area (Å²) in [4.78, 5) is 7.32. The number of hydrogen-bond donors (Lipinski definition) is 1. The van der Waals surface area contributed by atoms with E-state index in [1.807, 2.05) is 0 Å². The van der Waals surface area contributed by atoms with Gasteiger partial charge < -0.3 is 10.5 Å². The third-order valence-electron chi connectivity index (χ3n) is 1.29. The van der Waals surface area contributed by atoms with Gasteiger partial charge in [0.15, 0.2) is 6.61 Å². The van der Waals surface area contributed by atoms with Gasteiger partial charge in [0.25, 0.3) is 6.43 Å². The summed E-state index contributed by atoms with van der Waals surface area (Å²) in [5.41, 5.74) is 5.82. The van der Waals surface area contributed by atoms with E-state index in [2.05, 4.69) is 9.97 Å². The second-order valence-corrected chi connectivity index (χ2v) is 2.42. The molecule has 0 aliphatic heterocycles. The van der Waals surface area contributed by atoms with E-state index in [1.165, 1.54) is 6.20 Å². The van der Waals surface area contributed by atoms with Crippen LogP contribution < -0.4 is 10.5 Å². The van der Waals surface area contributed by atoms with E-state index in [-0.39, 0.29) is 11.8 Å². The van der Waals surface area contributed by atoms with Crippen LogP contribution in [-0.2, 0) is 0 Å². The molecule has 0 spiro atoms. The van der Waals surface area contributed by atoms with Crippen LogP contribution in [0.4, 0.5) is 14.7 Å². The highest BCUT2D eigenvalue weighted by Crippen LogP contribution is 2.14. The summed E-state index contributed by atoms with van der Waals surface area (Å²) in [6.45, 7) is 0.970. The lowest BCUT2D eigenvalue weighted by atomic mass is 10.4. The number of rotatable bonds is 3. The average Bonchev–Trinajstić information content (AvgIpc) is 2.06. The molecule has 1 aromatic heterocycles. The highest BCUT2D eigenvalue weighted by Gasteiger charge is 2.07. The standard InChI is InChI=1S/C7H9F2N3O/c1-4-2-11-7(10)12-6(4)13-3-5(8)9/h2,5H,3H2,1H3,(H2,10,11,12). The van der Waals surface area contributed by atoms with Gasteiger partial charge in [-0.3, -0.25) is 0 Å². The first-order valence-corrected chi connectivity index (χ1v) is 3.59. The topological polar surface area (TPSA) is 61.0 Å². The van der Waals surface area contributed by atoms with Gasteiger partial charge in [-0.1, -0.05) is 0 Å². The fourth-order valence-corrected chi connectivity index (χ4v) is 0.727. The molecule has 1 rings (SSSR count). The number of nitrogen functional groups attached to an aromatic ring is 1. The van der Waals surface area contributed by atoms with Crippen molar-refractivity contribution in [2.75, 3.05) is 12.3 Å². The molecule has 0 amide bonds. The van der Waals surface area contributed by atoms with E-state index in [1.54, 1.807) is 6.92 Å². The van der Waals surface area contributed by atoms with Gasteiger partial charge in [-0.15, -0.1) is 0 Å². The number of hydrogen-bond acceptors (Lipinski definition) is 4. The molecule has 1 aromatic rings. The summed E-state index contributed by atoms with van der Waals surface area (Å²) in [6, 6.07) is 0. The quantitative estimate of drug-likeness (QED) is 0.770. The largest absolute Gasteiger partial charge is 0.471 e. The molecule has 0 radical (unpaired) electrons. The van der Waals surface area contributed by atoms with E-state index < -0.39 is 13.0 Å². The second kappa shape index (κ2) is 3.97. The Kier molecular flexibility index (Phi) is 2.94. The van der Waals surface area contributed by atoms with Crippen molar-refractivity contribution in [3.63, 3.8) is 0 Å². The lowest BCUT2D eigenvalue weighted by molar-refractivity contribution is 0.0792. The van der Waals surface area contributed by atoms with Crippen LogP contribution in [0, 0.1) is 6.92 Å². The summed E-state index contributed by atoms with van der Waals surface area (Å²) in [6.07, 6.45) is -1.10. The molecule has 2 N–H and O–H groups in total. The van der Waals surface area contributed by atoms with Gasteiger partial charge in [0, 0.05) is 11.8 Å². The van der Waals surface area contributed by atoms with Gasteiger partial charge in [0.1, 0.15) is 0 Å². The average molecular weight is 189 g/mol. The van der Waals surface area contributed by atoms with Gasteiger partial charge in [-0.2, -0.15) is 4.98 Å². The Morgan fingerprint density at radius 3 is 2.92 bits per heavy atom. The normalized spacial score (nSPS) is 10.5. The maximum absolute atomic E-state index is 11.8. The van der Waals surface area contributed by atoms with Crippen molar-refractivity contribution in [3.05, 3.63) is 11.8 Å². The van der Waals surface area contributed by atoms with Crippen LogP contribution in [0.3, 0.4) is 0 Å². The molecule has 4 nitrogen and oxygen atoms in total. The van der Waals surface area contributed by atoms with Crippen molar-refractivity contribution in [1.29, 1.82) is 0 Å². The van der Waals surface area contributed by atoms with Crippen LogP contribution in [0.25, 0.3) is 0 Å². The molecule has 0 aliphatic rings. The fraction of sp³-hybridized carbons (Fsp3) is 0.429. The third-order valence-corrected chi connectivity index (χ3v) is 1.29. The first-order valence-electron chi connectivity index (χ1n) is 3.59. The monoisotopic (exact) mass is 189 g/mol. The Bertz CT molecular complexity index is 293. The Morgan fingerprint density at radius 1 is 1.62 bits per heavy atom. The van der Waals surface area contributed by atoms with E-state index in [0.717, 1.165) is 0 Å². The molecular weight excluding hydrogens is 180 g/mol. The van der Waals surface area contributed by atoms with Crippen LogP contribution in [0.2, 0.25) is 0 Å². The number of nitrogens with two attached hydrogens (primary N) is 1. The Morgan fingerprint density at radius 2 is 2.31 bits per heavy atom. The minimum Gasteiger partial charge on any atom is -0.471 e.